The molecule has 0 bridgehead atoms. The van der Waals surface area contributed by atoms with Crippen LogP contribution in [0.4, 0.5) is 0 Å². The van der Waals surface area contributed by atoms with E-state index in [-0.39, 0.29) is 25.7 Å². The normalized spacial score (nSPS) is 12.3. The molecule has 0 amide bonds. The number of aryl methyl sites for hydroxylation is 3. The third-order valence-electron chi connectivity index (χ3n) is 8.90. The van der Waals surface area contributed by atoms with Gasteiger partial charge in [0.15, 0.2) is 0 Å². The summed E-state index contributed by atoms with van der Waals surface area (Å²) in [7, 11) is 0. The highest BCUT2D eigenvalue weighted by molar-refractivity contribution is 5.47. The average Bonchev–Trinajstić information content (AvgIpc) is 2.95. The molecular formula is C37H52O3. The number of aliphatic hydroxyl groups excluding tert-OH is 3. The van der Waals surface area contributed by atoms with Crippen LogP contribution in [0.25, 0.3) is 0 Å². The Bertz CT molecular complexity index is 1120. The number of aliphatic hydroxyl groups is 3. The zero-order valence-corrected chi connectivity index (χ0v) is 25.4. The summed E-state index contributed by atoms with van der Waals surface area (Å²) in [5.41, 5.74) is 12.6. The Morgan fingerprint density at radius 3 is 1.23 bits per heavy atom. The Morgan fingerprint density at radius 1 is 0.500 bits per heavy atom. The second-order valence-corrected chi connectivity index (χ2v) is 11.6. The maximum Gasteiger partial charge on any atom is 0.0431 e. The van der Waals surface area contributed by atoms with Crippen LogP contribution >= 0.6 is 0 Å². The van der Waals surface area contributed by atoms with E-state index in [4.69, 9.17) is 0 Å². The number of unbranched alkanes of at least 4 members (excludes halogenated alkanes) is 3. The Hall–Kier alpha value is -2.46. The summed E-state index contributed by atoms with van der Waals surface area (Å²) in [4.78, 5) is 0. The molecular weight excluding hydrogens is 492 g/mol. The van der Waals surface area contributed by atoms with Gasteiger partial charge in [-0.3, -0.25) is 0 Å². The minimum atomic E-state index is 0.250. The van der Waals surface area contributed by atoms with Crippen LogP contribution in [0, 0.1) is 20.8 Å². The summed E-state index contributed by atoms with van der Waals surface area (Å²) in [5.74, 6) is 0.667. The highest BCUT2D eigenvalue weighted by Crippen LogP contribution is 2.40. The van der Waals surface area contributed by atoms with E-state index in [1.54, 1.807) is 0 Å². The van der Waals surface area contributed by atoms with E-state index in [0.29, 0.717) is 5.92 Å². The van der Waals surface area contributed by atoms with Crippen molar-refractivity contribution >= 4 is 0 Å². The van der Waals surface area contributed by atoms with Crippen molar-refractivity contribution in [2.45, 2.75) is 104 Å². The van der Waals surface area contributed by atoms with Crippen molar-refractivity contribution in [3.63, 3.8) is 0 Å². The largest absolute Gasteiger partial charge is 0.396 e. The van der Waals surface area contributed by atoms with Gasteiger partial charge in [-0.05, 0) is 141 Å². The maximum atomic E-state index is 9.32. The van der Waals surface area contributed by atoms with Crippen LogP contribution in [0.1, 0.15) is 114 Å². The first-order valence-electron chi connectivity index (χ1n) is 15.5. The number of hydrogen-bond acceptors (Lipinski definition) is 3. The van der Waals surface area contributed by atoms with Gasteiger partial charge in [0, 0.05) is 25.7 Å². The average molecular weight is 545 g/mol. The van der Waals surface area contributed by atoms with Crippen LogP contribution in [0.2, 0.25) is 0 Å². The first-order valence-corrected chi connectivity index (χ1v) is 15.5. The monoisotopic (exact) mass is 544 g/mol. The molecule has 0 aliphatic heterocycles. The van der Waals surface area contributed by atoms with Gasteiger partial charge in [-0.1, -0.05) is 61.5 Å². The Kier molecular flexibility index (Phi) is 13.4. The third kappa shape index (κ3) is 8.52. The molecule has 218 valence electrons. The lowest BCUT2D eigenvalue weighted by Crippen LogP contribution is -2.12. The van der Waals surface area contributed by atoms with Crippen LogP contribution in [0.15, 0.2) is 54.6 Å². The van der Waals surface area contributed by atoms with Gasteiger partial charge in [0.05, 0.1) is 0 Å². The second-order valence-electron chi connectivity index (χ2n) is 11.6. The van der Waals surface area contributed by atoms with Gasteiger partial charge in [-0.2, -0.15) is 0 Å². The maximum absolute atomic E-state index is 9.32. The topological polar surface area (TPSA) is 60.7 Å². The summed E-state index contributed by atoms with van der Waals surface area (Å²) in [5, 5.41) is 27.9. The van der Waals surface area contributed by atoms with Gasteiger partial charge in [-0.15, -0.1) is 0 Å². The molecule has 1 unspecified atom stereocenters. The highest BCUT2D eigenvalue weighted by Gasteiger charge is 2.24. The van der Waals surface area contributed by atoms with E-state index in [9.17, 15) is 15.3 Å². The van der Waals surface area contributed by atoms with Crippen molar-refractivity contribution in [2.24, 2.45) is 0 Å². The summed E-state index contributed by atoms with van der Waals surface area (Å²) >= 11 is 0. The fourth-order valence-electron chi connectivity index (χ4n) is 6.40. The molecule has 3 heteroatoms. The standard InChI is InChI=1S/C37H52O3/c1-27(34-20-11-17-31(28(34)2)14-5-8-23-38)26-37(35-21-12-18-32(29(35)3)15-6-9-24-39)36-22-13-19-33(30(36)4)16-7-10-25-40/h11-13,17-22,27,37-40H,5-10,14-16,23-26H2,1-4H3. The van der Waals surface area contributed by atoms with E-state index >= 15 is 0 Å². The molecule has 40 heavy (non-hydrogen) atoms. The summed E-state index contributed by atoms with van der Waals surface area (Å²) in [6.07, 6.45) is 9.59. The van der Waals surface area contributed by atoms with Crippen LogP contribution in [0.3, 0.4) is 0 Å². The lowest BCUT2D eigenvalue weighted by atomic mass is 9.76. The quantitative estimate of drug-likeness (QED) is 0.151. The van der Waals surface area contributed by atoms with Gasteiger partial charge >= 0.3 is 0 Å². The smallest absolute Gasteiger partial charge is 0.0431 e. The second kappa shape index (κ2) is 16.7. The summed E-state index contributed by atoms with van der Waals surface area (Å²) in [6.45, 7) is 9.99. The minimum Gasteiger partial charge on any atom is -0.396 e. The Morgan fingerprint density at radius 2 is 0.850 bits per heavy atom. The van der Waals surface area contributed by atoms with Gasteiger partial charge < -0.3 is 15.3 Å². The van der Waals surface area contributed by atoms with Crippen molar-refractivity contribution in [1.29, 1.82) is 0 Å². The molecule has 0 spiro atoms. The first kappa shape index (κ1) is 32.1. The summed E-state index contributed by atoms with van der Waals surface area (Å²) in [6, 6.07) is 20.4. The van der Waals surface area contributed by atoms with E-state index in [2.05, 4.69) is 82.3 Å². The van der Waals surface area contributed by atoms with Crippen LogP contribution < -0.4 is 0 Å². The molecule has 3 nitrogen and oxygen atoms in total. The number of benzene rings is 3. The van der Waals surface area contributed by atoms with Crippen molar-refractivity contribution in [3.05, 3.63) is 105 Å². The van der Waals surface area contributed by atoms with Crippen LogP contribution in [-0.4, -0.2) is 35.1 Å². The molecule has 0 aliphatic rings. The Labute approximate surface area is 243 Å². The molecule has 3 aromatic rings. The molecule has 3 rings (SSSR count). The molecule has 0 saturated heterocycles. The molecule has 0 aliphatic carbocycles. The van der Waals surface area contributed by atoms with Gasteiger partial charge in [0.1, 0.15) is 0 Å². The van der Waals surface area contributed by atoms with E-state index in [1.165, 1.54) is 50.1 Å². The molecule has 0 aromatic heterocycles. The first-order chi connectivity index (χ1) is 19.4. The van der Waals surface area contributed by atoms with Crippen molar-refractivity contribution in [1.82, 2.24) is 0 Å². The SMILES string of the molecule is Cc1c(CCCCO)cccc1C(C)CC(c1cccc(CCCCO)c1C)c1cccc(CCCCO)c1C. The van der Waals surface area contributed by atoms with E-state index in [0.717, 1.165) is 64.2 Å². The fourth-order valence-corrected chi connectivity index (χ4v) is 6.40. The van der Waals surface area contributed by atoms with Gasteiger partial charge in [-0.25, -0.2) is 0 Å². The molecule has 0 heterocycles. The third-order valence-corrected chi connectivity index (χ3v) is 8.90. The van der Waals surface area contributed by atoms with E-state index < -0.39 is 0 Å². The zero-order valence-electron chi connectivity index (χ0n) is 25.4. The zero-order chi connectivity index (χ0) is 28.9. The molecule has 0 saturated carbocycles. The minimum absolute atomic E-state index is 0.250. The molecule has 0 radical (unpaired) electrons. The molecule has 0 fully saturated rings. The van der Waals surface area contributed by atoms with Crippen LogP contribution in [-0.2, 0) is 19.3 Å². The number of hydrogen-bond donors (Lipinski definition) is 3. The number of rotatable bonds is 17. The lowest BCUT2D eigenvalue weighted by molar-refractivity contribution is 0.284. The van der Waals surface area contributed by atoms with Crippen molar-refractivity contribution < 1.29 is 15.3 Å². The fraction of sp³-hybridized carbons (Fsp3) is 0.514. The van der Waals surface area contributed by atoms with Crippen molar-refractivity contribution in [3.8, 4) is 0 Å². The van der Waals surface area contributed by atoms with Crippen LogP contribution in [0.5, 0.6) is 0 Å². The Balaban J connectivity index is 2.02. The molecule has 3 N–H and O–H groups in total. The van der Waals surface area contributed by atoms with Gasteiger partial charge in [0.2, 0.25) is 0 Å². The van der Waals surface area contributed by atoms with E-state index in [1.807, 2.05) is 0 Å². The molecule has 3 aromatic carbocycles. The summed E-state index contributed by atoms with van der Waals surface area (Å²) < 4.78 is 0. The van der Waals surface area contributed by atoms with Gasteiger partial charge in [0.25, 0.3) is 0 Å². The highest BCUT2D eigenvalue weighted by atomic mass is 16.3. The molecule has 1 atom stereocenters. The van der Waals surface area contributed by atoms with Crippen molar-refractivity contribution in [2.75, 3.05) is 19.8 Å². The predicted molar refractivity (Wildman–Crippen MR) is 168 cm³/mol. The predicted octanol–water partition coefficient (Wildman–Crippen LogP) is 7.88. The lowest BCUT2D eigenvalue weighted by Gasteiger charge is -2.28.